The predicted octanol–water partition coefficient (Wildman–Crippen LogP) is 1.05. The first-order valence-electron chi connectivity index (χ1n) is 8.76. The molecule has 0 aliphatic carbocycles. The Hall–Kier alpha value is -1.40. The highest BCUT2D eigenvalue weighted by molar-refractivity contribution is 8.07. The van der Waals surface area contributed by atoms with Crippen LogP contribution in [-0.4, -0.2) is 56.4 Å². The van der Waals surface area contributed by atoms with Crippen molar-refractivity contribution in [1.29, 1.82) is 0 Å². The number of rotatable bonds is 7. The first-order valence-corrected chi connectivity index (χ1v) is 11.4. The highest BCUT2D eigenvalue weighted by atomic mass is 32.5. The van der Waals surface area contributed by atoms with E-state index in [-0.39, 0.29) is 18.1 Å². The molecule has 3 unspecified atom stereocenters. The number of hydrogen-bond acceptors (Lipinski definition) is 9. The molecule has 1 saturated heterocycles. The van der Waals surface area contributed by atoms with E-state index >= 15 is 0 Å². The maximum atomic E-state index is 12.0. The molecule has 4 atom stereocenters. The molecule has 0 saturated carbocycles. The third-order valence-electron chi connectivity index (χ3n) is 4.86. The number of nitrogens with zero attached hydrogens (tertiary/aromatic N) is 3. The standard InChI is InChI=1S/C15H24N5O6PS/c1-4-15(5-6-24-7-10(15)26-27(22,28)23-3)25-9(2)20-8-17-11-12(20)18-14(16)19-13(11)21/h8-10H,4-7H2,1-3H3,(H,22,28)(H3,16,18,19,21)/t9?,10?,15-,27?/m0/s1. The number of nitrogens with two attached hydrogens (primary N) is 1. The fraction of sp³-hybridized carbons (Fsp3) is 0.667. The average molecular weight is 433 g/mol. The van der Waals surface area contributed by atoms with Crippen LogP contribution in [0.4, 0.5) is 5.95 Å². The molecule has 11 nitrogen and oxygen atoms in total. The lowest BCUT2D eigenvalue weighted by Crippen LogP contribution is -2.52. The molecule has 0 radical (unpaired) electrons. The van der Waals surface area contributed by atoms with Crippen molar-refractivity contribution < 1.29 is 23.4 Å². The van der Waals surface area contributed by atoms with Gasteiger partial charge in [-0.05, 0) is 25.2 Å². The summed E-state index contributed by atoms with van der Waals surface area (Å²) >= 11 is 4.99. The largest absolute Gasteiger partial charge is 0.379 e. The van der Waals surface area contributed by atoms with Gasteiger partial charge in [0.25, 0.3) is 5.56 Å². The van der Waals surface area contributed by atoms with E-state index in [0.717, 1.165) is 0 Å². The van der Waals surface area contributed by atoms with Crippen LogP contribution in [-0.2, 0) is 30.3 Å². The molecule has 0 spiro atoms. The number of imidazole rings is 1. The Labute approximate surface area is 166 Å². The molecule has 0 bridgehead atoms. The smallest absolute Gasteiger partial charge is 0.324 e. The predicted molar refractivity (Wildman–Crippen MR) is 105 cm³/mol. The van der Waals surface area contributed by atoms with Gasteiger partial charge in [0.2, 0.25) is 5.95 Å². The summed E-state index contributed by atoms with van der Waals surface area (Å²) in [6.07, 6.45) is 1.40. The van der Waals surface area contributed by atoms with Crippen molar-refractivity contribution in [2.75, 3.05) is 26.1 Å². The molecular formula is C15H24N5O6PS. The summed E-state index contributed by atoms with van der Waals surface area (Å²) in [5, 5.41) is 0. The Kier molecular flexibility index (Phi) is 6.20. The van der Waals surface area contributed by atoms with Crippen molar-refractivity contribution in [2.24, 2.45) is 0 Å². The van der Waals surface area contributed by atoms with Crippen molar-refractivity contribution >= 4 is 35.6 Å². The summed E-state index contributed by atoms with van der Waals surface area (Å²) in [6.45, 7) is 1.02. The molecule has 2 aromatic heterocycles. The van der Waals surface area contributed by atoms with Gasteiger partial charge in [-0.2, -0.15) is 4.98 Å². The van der Waals surface area contributed by atoms with Crippen molar-refractivity contribution in [3.8, 4) is 0 Å². The lowest BCUT2D eigenvalue weighted by atomic mass is 9.88. The average Bonchev–Trinajstić information content (AvgIpc) is 3.07. The first-order chi connectivity index (χ1) is 13.2. The summed E-state index contributed by atoms with van der Waals surface area (Å²) in [5.74, 6) is -0.00926. The van der Waals surface area contributed by atoms with E-state index in [1.165, 1.54) is 13.4 Å². The van der Waals surface area contributed by atoms with Crippen molar-refractivity contribution in [1.82, 2.24) is 19.5 Å². The fourth-order valence-corrected chi connectivity index (χ4v) is 4.28. The lowest BCUT2D eigenvalue weighted by molar-refractivity contribution is -0.211. The number of hydrogen-bond donors (Lipinski definition) is 3. The van der Waals surface area contributed by atoms with Crippen molar-refractivity contribution in [2.45, 2.75) is 44.6 Å². The number of nitrogen functional groups attached to an aromatic ring is 1. The van der Waals surface area contributed by atoms with Crippen molar-refractivity contribution in [3.63, 3.8) is 0 Å². The van der Waals surface area contributed by atoms with Gasteiger partial charge in [-0.3, -0.25) is 18.9 Å². The number of fused-ring (bicyclic) bond motifs is 1. The minimum atomic E-state index is -3.41. The van der Waals surface area contributed by atoms with E-state index in [4.69, 9.17) is 36.1 Å². The zero-order valence-electron chi connectivity index (χ0n) is 15.8. The Balaban J connectivity index is 1.92. The van der Waals surface area contributed by atoms with E-state index in [9.17, 15) is 9.69 Å². The molecule has 0 aromatic carbocycles. The van der Waals surface area contributed by atoms with E-state index in [0.29, 0.717) is 25.1 Å². The Morgan fingerprint density at radius 3 is 3.07 bits per heavy atom. The monoisotopic (exact) mass is 433 g/mol. The summed E-state index contributed by atoms with van der Waals surface area (Å²) in [7, 11) is 1.30. The molecule has 1 aliphatic rings. The molecule has 1 aliphatic heterocycles. The van der Waals surface area contributed by atoms with E-state index in [2.05, 4.69) is 15.0 Å². The van der Waals surface area contributed by atoms with Gasteiger partial charge >= 0.3 is 6.72 Å². The maximum Gasteiger partial charge on any atom is 0.324 e. The second kappa shape index (κ2) is 8.15. The fourth-order valence-electron chi connectivity index (χ4n) is 3.31. The minimum Gasteiger partial charge on any atom is -0.379 e. The van der Waals surface area contributed by atoms with Crippen LogP contribution >= 0.6 is 6.72 Å². The Morgan fingerprint density at radius 2 is 2.39 bits per heavy atom. The molecule has 28 heavy (non-hydrogen) atoms. The van der Waals surface area contributed by atoms with Crippen LogP contribution < -0.4 is 11.3 Å². The zero-order valence-corrected chi connectivity index (χ0v) is 17.5. The number of aromatic nitrogens is 4. The zero-order chi connectivity index (χ0) is 20.5. The van der Waals surface area contributed by atoms with Crippen molar-refractivity contribution in [3.05, 3.63) is 16.7 Å². The van der Waals surface area contributed by atoms with E-state index in [1.807, 2.05) is 6.92 Å². The molecule has 13 heteroatoms. The van der Waals surface area contributed by atoms with Crippen LogP contribution in [0, 0.1) is 0 Å². The Morgan fingerprint density at radius 1 is 1.64 bits per heavy atom. The number of H-pyrrole nitrogens is 1. The maximum absolute atomic E-state index is 12.0. The van der Waals surface area contributed by atoms with Gasteiger partial charge in [-0.1, -0.05) is 6.92 Å². The van der Waals surface area contributed by atoms with Gasteiger partial charge < -0.3 is 24.6 Å². The SMILES string of the molecule is CC[C@]1(OC(C)n2cnc3c(=O)[nH]c(N)nc32)CCOCC1OP(O)(=S)OC. The van der Waals surface area contributed by atoms with Gasteiger partial charge in [0, 0.05) is 20.1 Å². The third-order valence-corrected chi connectivity index (χ3v) is 6.55. The van der Waals surface area contributed by atoms with E-state index in [1.54, 1.807) is 11.5 Å². The topological polar surface area (TPSA) is 147 Å². The van der Waals surface area contributed by atoms with Gasteiger partial charge in [-0.15, -0.1) is 0 Å². The molecule has 0 amide bonds. The van der Waals surface area contributed by atoms with Crippen LogP contribution in [0.2, 0.25) is 0 Å². The number of nitrogens with one attached hydrogen (secondary N) is 1. The molecule has 1 fully saturated rings. The Bertz CT molecular complexity index is 951. The lowest BCUT2D eigenvalue weighted by Gasteiger charge is -2.44. The van der Waals surface area contributed by atoms with Gasteiger partial charge in [-0.25, -0.2) is 4.98 Å². The van der Waals surface area contributed by atoms with Crippen LogP contribution in [0.25, 0.3) is 11.2 Å². The first kappa shape index (κ1) is 21.3. The van der Waals surface area contributed by atoms with Crippen LogP contribution in [0.1, 0.15) is 32.9 Å². The molecule has 3 heterocycles. The quantitative estimate of drug-likeness (QED) is 0.541. The molecule has 4 N–H and O–H groups in total. The van der Waals surface area contributed by atoms with Gasteiger partial charge in [0.1, 0.15) is 17.9 Å². The van der Waals surface area contributed by atoms with Crippen LogP contribution in [0.3, 0.4) is 0 Å². The minimum absolute atomic E-state index is 0.00926. The van der Waals surface area contributed by atoms with Gasteiger partial charge in [0.05, 0.1) is 12.9 Å². The number of aromatic amines is 1. The third kappa shape index (κ3) is 4.13. The summed E-state index contributed by atoms with van der Waals surface area (Å²) in [4.78, 5) is 32.8. The normalized spacial score (nSPS) is 26.2. The second-order valence-corrected chi connectivity index (χ2v) is 9.38. The molecule has 3 rings (SSSR count). The summed E-state index contributed by atoms with van der Waals surface area (Å²) in [6, 6.07) is 0. The second-order valence-electron chi connectivity index (χ2n) is 6.48. The molecule has 2 aromatic rings. The summed E-state index contributed by atoms with van der Waals surface area (Å²) in [5.41, 5.74) is 4.93. The molecular weight excluding hydrogens is 409 g/mol. The molecule has 156 valence electrons. The highest BCUT2D eigenvalue weighted by Crippen LogP contribution is 2.48. The van der Waals surface area contributed by atoms with Crippen LogP contribution in [0.15, 0.2) is 11.1 Å². The number of ether oxygens (including phenoxy) is 2. The summed E-state index contributed by atoms with van der Waals surface area (Å²) < 4.78 is 24.1. The number of anilines is 1. The van der Waals surface area contributed by atoms with Gasteiger partial charge in [0.15, 0.2) is 11.2 Å². The van der Waals surface area contributed by atoms with E-state index < -0.39 is 30.2 Å². The highest BCUT2D eigenvalue weighted by Gasteiger charge is 2.46. The van der Waals surface area contributed by atoms with Crippen LogP contribution in [0.5, 0.6) is 0 Å².